The lowest BCUT2D eigenvalue weighted by atomic mass is 9.95. The molecule has 284 valence electrons. The fraction of sp³-hybridized carbons (Fsp3) is 0. The quantitative estimate of drug-likeness (QED) is 0.158. The number of rotatable bonds is 6. The van der Waals surface area contributed by atoms with Crippen molar-refractivity contribution in [1.29, 1.82) is 0 Å². The molecule has 0 spiro atoms. The lowest BCUT2D eigenvalue weighted by molar-refractivity contribution is 1.07. The highest BCUT2D eigenvalue weighted by Gasteiger charge is 2.19. The summed E-state index contributed by atoms with van der Waals surface area (Å²) in [4.78, 5) is 20.2. The molecular formula is C56H35N5. The van der Waals surface area contributed by atoms with E-state index in [-0.39, 0.29) is 0 Å². The van der Waals surface area contributed by atoms with Crippen LogP contribution in [0.1, 0.15) is 0 Å². The van der Waals surface area contributed by atoms with Crippen molar-refractivity contribution in [3.8, 4) is 62.2 Å². The number of aromatic nitrogens is 5. The first-order chi connectivity index (χ1) is 30.2. The predicted octanol–water partition coefficient (Wildman–Crippen LogP) is 14.2. The fourth-order valence-corrected chi connectivity index (χ4v) is 8.87. The van der Waals surface area contributed by atoms with Crippen molar-refractivity contribution in [3.05, 3.63) is 212 Å². The maximum atomic E-state index is 5.39. The van der Waals surface area contributed by atoms with Gasteiger partial charge in [0.1, 0.15) is 0 Å². The molecule has 0 radical (unpaired) electrons. The SMILES string of the molecule is c1ccc(-c2nc(-c3ccccc3)nc(-c3ccc(-c4ccc5nc(-c6ccccc6)c6cc7c8ccccc8n(-c8cccc9ccccc89)c7cc6c5c4)cc3)n2)cc1. The van der Waals surface area contributed by atoms with Gasteiger partial charge in [-0.05, 0) is 58.3 Å². The number of fused-ring (bicyclic) bond motifs is 7. The Labute approximate surface area is 351 Å². The summed E-state index contributed by atoms with van der Waals surface area (Å²) in [5.74, 6) is 1.92. The van der Waals surface area contributed by atoms with Crippen LogP contribution in [0, 0.1) is 0 Å². The van der Waals surface area contributed by atoms with Gasteiger partial charge in [-0.25, -0.2) is 19.9 Å². The molecule has 0 aliphatic rings. The van der Waals surface area contributed by atoms with Gasteiger partial charge in [-0.3, -0.25) is 0 Å². The number of nitrogens with zero attached hydrogens (tertiary/aromatic N) is 5. The molecule has 3 aromatic heterocycles. The van der Waals surface area contributed by atoms with E-state index in [4.69, 9.17) is 19.9 Å². The van der Waals surface area contributed by atoms with Crippen LogP contribution in [0.4, 0.5) is 0 Å². The van der Waals surface area contributed by atoms with E-state index in [1.807, 2.05) is 60.7 Å². The minimum absolute atomic E-state index is 0.631. The van der Waals surface area contributed by atoms with E-state index < -0.39 is 0 Å². The Bertz CT molecular complexity index is 3550. The highest BCUT2D eigenvalue weighted by molar-refractivity contribution is 6.21. The Morgan fingerprint density at radius 2 is 0.820 bits per heavy atom. The summed E-state index contributed by atoms with van der Waals surface area (Å²) in [5.41, 5.74) is 11.5. The average molecular weight is 778 g/mol. The Kier molecular flexibility index (Phi) is 8.10. The van der Waals surface area contributed by atoms with E-state index in [2.05, 4.69) is 156 Å². The maximum absolute atomic E-state index is 5.39. The minimum Gasteiger partial charge on any atom is -0.309 e. The van der Waals surface area contributed by atoms with Crippen molar-refractivity contribution in [2.45, 2.75) is 0 Å². The molecule has 5 heteroatoms. The molecule has 0 aliphatic carbocycles. The Hall–Kier alpha value is -8.28. The van der Waals surface area contributed by atoms with Gasteiger partial charge in [0.25, 0.3) is 0 Å². The minimum atomic E-state index is 0.631. The smallest absolute Gasteiger partial charge is 0.164 e. The molecule has 12 rings (SSSR count). The number of para-hydroxylation sites is 1. The van der Waals surface area contributed by atoms with Crippen LogP contribution < -0.4 is 0 Å². The topological polar surface area (TPSA) is 56.5 Å². The van der Waals surface area contributed by atoms with E-state index in [9.17, 15) is 0 Å². The van der Waals surface area contributed by atoms with E-state index >= 15 is 0 Å². The van der Waals surface area contributed by atoms with Crippen LogP contribution in [0.15, 0.2) is 212 Å². The van der Waals surface area contributed by atoms with E-state index in [0.717, 1.165) is 72.0 Å². The van der Waals surface area contributed by atoms with Gasteiger partial charge < -0.3 is 4.57 Å². The molecule has 0 N–H and O–H groups in total. The van der Waals surface area contributed by atoms with Crippen molar-refractivity contribution in [1.82, 2.24) is 24.5 Å². The van der Waals surface area contributed by atoms with Crippen LogP contribution in [-0.2, 0) is 0 Å². The van der Waals surface area contributed by atoms with Gasteiger partial charge in [-0.1, -0.05) is 176 Å². The van der Waals surface area contributed by atoms with Gasteiger partial charge in [0.05, 0.1) is 27.9 Å². The predicted molar refractivity (Wildman–Crippen MR) is 252 cm³/mol. The molecule has 0 unspecified atom stereocenters. The summed E-state index contributed by atoms with van der Waals surface area (Å²) in [6.45, 7) is 0. The highest BCUT2D eigenvalue weighted by Crippen LogP contribution is 2.42. The largest absolute Gasteiger partial charge is 0.309 e. The normalized spacial score (nSPS) is 11.6. The number of hydrogen-bond acceptors (Lipinski definition) is 4. The van der Waals surface area contributed by atoms with Crippen LogP contribution >= 0.6 is 0 Å². The van der Waals surface area contributed by atoms with E-state index in [1.165, 1.54) is 27.1 Å². The molecule has 9 aromatic carbocycles. The summed E-state index contributed by atoms with van der Waals surface area (Å²) < 4.78 is 2.44. The molecule has 0 atom stereocenters. The molecule has 12 aromatic rings. The second-order valence-corrected chi connectivity index (χ2v) is 15.4. The zero-order valence-corrected chi connectivity index (χ0v) is 32.9. The van der Waals surface area contributed by atoms with Gasteiger partial charge in [-0.15, -0.1) is 0 Å². The molecule has 5 nitrogen and oxygen atoms in total. The second-order valence-electron chi connectivity index (χ2n) is 15.4. The third-order valence-corrected chi connectivity index (χ3v) is 11.8. The van der Waals surface area contributed by atoms with Crippen molar-refractivity contribution in [2.75, 3.05) is 0 Å². The van der Waals surface area contributed by atoms with Crippen LogP contribution in [0.25, 0.3) is 116 Å². The summed E-state index contributed by atoms with van der Waals surface area (Å²) in [6.07, 6.45) is 0. The number of pyridine rings is 1. The van der Waals surface area contributed by atoms with Crippen molar-refractivity contribution in [2.24, 2.45) is 0 Å². The van der Waals surface area contributed by atoms with Crippen LogP contribution in [0.3, 0.4) is 0 Å². The summed E-state index contributed by atoms with van der Waals surface area (Å²) >= 11 is 0. The van der Waals surface area contributed by atoms with Gasteiger partial charge in [-0.2, -0.15) is 0 Å². The fourth-order valence-electron chi connectivity index (χ4n) is 8.87. The number of hydrogen-bond donors (Lipinski definition) is 0. The van der Waals surface area contributed by atoms with E-state index in [1.54, 1.807) is 0 Å². The van der Waals surface area contributed by atoms with Crippen LogP contribution in [0.5, 0.6) is 0 Å². The zero-order chi connectivity index (χ0) is 40.3. The molecule has 0 saturated heterocycles. The second kappa shape index (κ2) is 14.2. The monoisotopic (exact) mass is 777 g/mol. The highest BCUT2D eigenvalue weighted by atomic mass is 15.0. The average Bonchev–Trinajstić information content (AvgIpc) is 3.66. The Balaban J connectivity index is 1.04. The van der Waals surface area contributed by atoms with Gasteiger partial charge >= 0.3 is 0 Å². The standard InChI is InChI=1S/C56H35N5/c1-4-16-38(17-5-1)53-48-34-47-44-24-12-13-25-51(44)61(50-26-14-22-37-15-10-11-23-43(37)50)52(47)35-45(48)46-33-42(31-32-49(46)57-53)36-27-29-41(30-28-36)56-59-54(39-18-6-2-7-19-39)58-55(60-56)40-20-8-3-9-21-40/h1-35H. The molecular weight excluding hydrogens is 743 g/mol. The van der Waals surface area contributed by atoms with Crippen LogP contribution in [0.2, 0.25) is 0 Å². The van der Waals surface area contributed by atoms with Crippen molar-refractivity contribution >= 4 is 54.3 Å². The summed E-state index contributed by atoms with van der Waals surface area (Å²) in [6, 6.07) is 74.7. The first-order valence-corrected chi connectivity index (χ1v) is 20.6. The lowest BCUT2D eigenvalue weighted by Gasteiger charge is -2.14. The number of benzene rings is 9. The van der Waals surface area contributed by atoms with Gasteiger partial charge in [0.2, 0.25) is 0 Å². The van der Waals surface area contributed by atoms with E-state index in [0.29, 0.717) is 17.5 Å². The molecule has 0 saturated carbocycles. The molecule has 0 fully saturated rings. The molecule has 0 bridgehead atoms. The first-order valence-electron chi connectivity index (χ1n) is 20.6. The first kappa shape index (κ1) is 34.7. The molecule has 3 heterocycles. The molecule has 0 amide bonds. The lowest BCUT2D eigenvalue weighted by Crippen LogP contribution is -2.00. The Morgan fingerprint density at radius 3 is 1.51 bits per heavy atom. The third-order valence-electron chi connectivity index (χ3n) is 11.8. The zero-order valence-electron chi connectivity index (χ0n) is 32.9. The molecule has 61 heavy (non-hydrogen) atoms. The molecule has 0 aliphatic heterocycles. The van der Waals surface area contributed by atoms with Crippen molar-refractivity contribution in [3.63, 3.8) is 0 Å². The van der Waals surface area contributed by atoms with Gasteiger partial charge in [0.15, 0.2) is 17.5 Å². The van der Waals surface area contributed by atoms with Crippen LogP contribution in [-0.4, -0.2) is 24.5 Å². The third kappa shape index (κ3) is 5.94. The van der Waals surface area contributed by atoms with Gasteiger partial charge in [0, 0.05) is 49.2 Å². The van der Waals surface area contributed by atoms with Crippen molar-refractivity contribution < 1.29 is 0 Å². The Morgan fingerprint density at radius 1 is 0.279 bits per heavy atom. The maximum Gasteiger partial charge on any atom is 0.164 e. The summed E-state index contributed by atoms with van der Waals surface area (Å²) in [5, 5.41) is 8.23. The summed E-state index contributed by atoms with van der Waals surface area (Å²) in [7, 11) is 0.